The summed E-state index contributed by atoms with van der Waals surface area (Å²) in [4.78, 5) is 24.8. The standard InChI is InChI=1S/C17H17F2N3O4/c1-7-11(20)5-21(7)15-10(18)4-9-14(13(15)19)22(8-2-3-8)6-12(16(9)23)26-17(24)25/h4,6-8,11H,2-3,5,20H2,1H3,(H,24,25)/t7-,11-/m1/s1. The molecule has 7 nitrogen and oxygen atoms in total. The Morgan fingerprint density at radius 2 is 2.08 bits per heavy atom. The number of benzene rings is 1. The van der Waals surface area contributed by atoms with E-state index in [4.69, 9.17) is 10.8 Å². The molecule has 4 rings (SSSR count). The fourth-order valence-electron chi connectivity index (χ4n) is 3.41. The number of carboxylic acid groups (broad SMARTS) is 1. The zero-order valence-electron chi connectivity index (χ0n) is 13.9. The van der Waals surface area contributed by atoms with Gasteiger partial charge in [-0.25, -0.2) is 13.6 Å². The van der Waals surface area contributed by atoms with E-state index in [9.17, 15) is 14.0 Å². The van der Waals surface area contributed by atoms with E-state index in [1.165, 1.54) is 15.7 Å². The highest BCUT2D eigenvalue weighted by molar-refractivity contribution is 5.86. The highest BCUT2D eigenvalue weighted by Crippen LogP contribution is 2.41. The lowest BCUT2D eigenvalue weighted by molar-refractivity contribution is 0.143. The number of anilines is 1. The van der Waals surface area contributed by atoms with Gasteiger partial charge in [-0.1, -0.05) is 0 Å². The lowest BCUT2D eigenvalue weighted by Crippen LogP contribution is -2.63. The molecule has 138 valence electrons. The minimum Gasteiger partial charge on any atom is -0.449 e. The van der Waals surface area contributed by atoms with Gasteiger partial charge in [-0.2, -0.15) is 0 Å². The van der Waals surface area contributed by atoms with E-state index in [0.29, 0.717) is 6.54 Å². The molecule has 0 unspecified atom stereocenters. The van der Waals surface area contributed by atoms with E-state index in [0.717, 1.165) is 18.9 Å². The molecule has 2 aliphatic rings. The molecule has 2 fully saturated rings. The minimum atomic E-state index is -1.66. The number of carbonyl (C=O) groups is 1. The van der Waals surface area contributed by atoms with E-state index in [1.54, 1.807) is 6.92 Å². The van der Waals surface area contributed by atoms with Gasteiger partial charge in [0.15, 0.2) is 11.6 Å². The van der Waals surface area contributed by atoms with E-state index in [-0.39, 0.29) is 34.7 Å². The molecular weight excluding hydrogens is 348 g/mol. The summed E-state index contributed by atoms with van der Waals surface area (Å²) in [5, 5.41) is 8.55. The summed E-state index contributed by atoms with van der Waals surface area (Å²) in [5.74, 6) is -2.20. The maximum atomic E-state index is 15.3. The molecule has 1 aliphatic carbocycles. The van der Waals surface area contributed by atoms with Crippen LogP contribution in [0.3, 0.4) is 0 Å². The van der Waals surface area contributed by atoms with Crippen LogP contribution in [0.25, 0.3) is 10.9 Å². The number of fused-ring (bicyclic) bond motifs is 1. The van der Waals surface area contributed by atoms with Crippen molar-refractivity contribution in [2.45, 2.75) is 37.9 Å². The van der Waals surface area contributed by atoms with Gasteiger partial charge in [0, 0.05) is 24.7 Å². The van der Waals surface area contributed by atoms with Crippen molar-refractivity contribution in [3.8, 4) is 5.75 Å². The third kappa shape index (κ3) is 2.42. The first-order valence-electron chi connectivity index (χ1n) is 8.29. The molecule has 0 amide bonds. The Morgan fingerprint density at radius 3 is 2.62 bits per heavy atom. The van der Waals surface area contributed by atoms with Gasteiger partial charge >= 0.3 is 6.16 Å². The molecule has 0 radical (unpaired) electrons. The molecule has 9 heteroatoms. The molecule has 2 heterocycles. The van der Waals surface area contributed by atoms with Crippen molar-refractivity contribution in [3.63, 3.8) is 0 Å². The van der Waals surface area contributed by atoms with E-state index in [1.807, 2.05) is 0 Å². The molecule has 1 aromatic carbocycles. The van der Waals surface area contributed by atoms with Crippen molar-refractivity contribution in [1.29, 1.82) is 0 Å². The van der Waals surface area contributed by atoms with Gasteiger partial charge in [0.2, 0.25) is 5.43 Å². The number of hydrogen-bond donors (Lipinski definition) is 2. The first-order chi connectivity index (χ1) is 12.3. The third-order valence-electron chi connectivity index (χ3n) is 5.09. The zero-order valence-corrected chi connectivity index (χ0v) is 13.9. The number of nitrogens with two attached hydrogens (primary N) is 1. The van der Waals surface area contributed by atoms with Crippen LogP contribution in [0.5, 0.6) is 5.75 Å². The lowest BCUT2D eigenvalue weighted by Gasteiger charge is -2.46. The predicted octanol–water partition coefficient (Wildman–Crippen LogP) is 2.21. The van der Waals surface area contributed by atoms with Crippen molar-refractivity contribution in [2.75, 3.05) is 11.4 Å². The Labute approximate surface area is 146 Å². The van der Waals surface area contributed by atoms with Gasteiger partial charge in [0.05, 0.1) is 17.1 Å². The van der Waals surface area contributed by atoms with Gasteiger partial charge in [0.1, 0.15) is 11.5 Å². The average molecular weight is 365 g/mol. The van der Waals surface area contributed by atoms with Crippen molar-refractivity contribution in [1.82, 2.24) is 4.57 Å². The van der Waals surface area contributed by atoms with Crippen LogP contribution in [-0.2, 0) is 0 Å². The molecular formula is C17H17F2N3O4. The Morgan fingerprint density at radius 1 is 1.38 bits per heavy atom. The number of halogens is 2. The highest BCUT2D eigenvalue weighted by atomic mass is 19.1. The van der Waals surface area contributed by atoms with Crippen LogP contribution < -0.4 is 20.8 Å². The Kier molecular flexibility index (Phi) is 3.65. The quantitative estimate of drug-likeness (QED) is 0.810. The molecule has 1 saturated heterocycles. The zero-order chi connectivity index (χ0) is 18.7. The van der Waals surface area contributed by atoms with Crippen molar-refractivity contribution < 1.29 is 23.4 Å². The fourth-order valence-corrected chi connectivity index (χ4v) is 3.41. The second kappa shape index (κ2) is 5.66. The summed E-state index contributed by atoms with van der Waals surface area (Å²) in [6, 6.07) is 0.451. The summed E-state index contributed by atoms with van der Waals surface area (Å²) < 4.78 is 35.9. The van der Waals surface area contributed by atoms with Gasteiger partial charge in [-0.05, 0) is 25.8 Å². The molecule has 1 aromatic heterocycles. The summed E-state index contributed by atoms with van der Waals surface area (Å²) in [6.45, 7) is 2.09. The Hall–Kier alpha value is -2.68. The summed E-state index contributed by atoms with van der Waals surface area (Å²) in [6.07, 6.45) is 1.03. The molecule has 0 spiro atoms. The van der Waals surface area contributed by atoms with Crippen LogP contribution in [0.4, 0.5) is 19.3 Å². The topological polar surface area (TPSA) is 97.8 Å². The molecule has 26 heavy (non-hydrogen) atoms. The van der Waals surface area contributed by atoms with Crippen molar-refractivity contribution in [2.24, 2.45) is 5.73 Å². The second-order valence-corrected chi connectivity index (χ2v) is 6.80. The van der Waals surface area contributed by atoms with E-state index < -0.39 is 29.0 Å². The maximum Gasteiger partial charge on any atom is 0.511 e. The minimum absolute atomic E-state index is 0.0423. The normalized spacial score (nSPS) is 22.4. The molecule has 1 saturated carbocycles. The molecule has 2 aromatic rings. The van der Waals surface area contributed by atoms with Gasteiger partial charge in [0.25, 0.3) is 0 Å². The molecule has 0 bridgehead atoms. The third-order valence-corrected chi connectivity index (χ3v) is 5.09. The van der Waals surface area contributed by atoms with Crippen LogP contribution in [0.1, 0.15) is 25.8 Å². The van der Waals surface area contributed by atoms with E-state index in [2.05, 4.69) is 4.74 Å². The Balaban J connectivity index is 1.98. The number of hydrogen-bond acceptors (Lipinski definition) is 5. The monoisotopic (exact) mass is 365 g/mol. The maximum absolute atomic E-state index is 15.3. The summed E-state index contributed by atoms with van der Waals surface area (Å²) >= 11 is 0. The van der Waals surface area contributed by atoms with Crippen LogP contribution >= 0.6 is 0 Å². The van der Waals surface area contributed by atoms with Crippen LogP contribution in [-0.4, -0.2) is 34.5 Å². The van der Waals surface area contributed by atoms with E-state index >= 15 is 4.39 Å². The van der Waals surface area contributed by atoms with Crippen molar-refractivity contribution in [3.05, 3.63) is 34.1 Å². The summed E-state index contributed by atoms with van der Waals surface area (Å²) in [7, 11) is 0. The highest BCUT2D eigenvalue weighted by Gasteiger charge is 2.38. The molecule has 1 aliphatic heterocycles. The van der Waals surface area contributed by atoms with Gasteiger partial charge < -0.3 is 25.0 Å². The fraction of sp³-hybridized carbons (Fsp3) is 0.412. The van der Waals surface area contributed by atoms with Crippen LogP contribution in [0.2, 0.25) is 0 Å². The largest absolute Gasteiger partial charge is 0.511 e. The smallest absolute Gasteiger partial charge is 0.449 e. The first-order valence-corrected chi connectivity index (χ1v) is 8.29. The molecule has 3 N–H and O–H groups in total. The van der Waals surface area contributed by atoms with Crippen molar-refractivity contribution >= 4 is 22.7 Å². The lowest BCUT2D eigenvalue weighted by atomic mass is 9.97. The number of nitrogens with zero attached hydrogens (tertiary/aromatic N) is 2. The predicted molar refractivity (Wildman–Crippen MR) is 89.8 cm³/mol. The van der Waals surface area contributed by atoms with Gasteiger partial charge in [-0.3, -0.25) is 4.79 Å². The first kappa shape index (κ1) is 16.8. The number of pyridine rings is 1. The number of rotatable bonds is 3. The summed E-state index contributed by atoms with van der Waals surface area (Å²) in [5.41, 5.74) is 4.71. The SMILES string of the molecule is C[C@@H]1[C@H](N)CN1c1c(F)cc2c(=O)c(OC(=O)O)cn(C3CC3)c2c1F. The number of ether oxygens (including phenoxy) is 1. The van der Waals surface area contributed by atoms with Crippen LogP contribution in [0, 0.1) is 11.6 Å². The van der Waals surface area contributed by atoms with Gasteiger partial charge in [-0.15, -0.1) is 0 Å². The van der Waals surface area contributed by atoms with Crippen LogP contribution in [0.15, 0.2) is 17.1 Å². The number of aromatic nitrogens is 1. The second-order valence-electron chi connectivity index (χ2n) is 6.80. The average Bonchev–Trinajstić information content (AvgIpc) is 3.41. The Bertz CT molecular complexity index is 986. The molecule has 2 atom stereocenters.